The Morgan fingerprint density at radius 3 is 2.36 bits per heavy atom. The van der Waals surface area contributed by atoms with E-state index in [1.54, 1.807) is 36.7 Å². The number of rotatable bonds is 6. The number of hydrogen-bond acceptors (Lipinski definition) is 5. The Kier molecular flexibility index (Phi) is 6.35. The van der Waals surface area contributed by atoms with Crippen LogP contribution in [0.1, 0.15) is 10.4 Å². The zero-order valence-corrected chi connectivity index (χ0v) is 17.8. The normalized spacial score (nSPS) is 12.4. The number of nitrogens with two attached hydrogens (primary N) is 1. The first kappa shape index (κ1) is 24.7. The number of anilines is 1. The van der Waals surface area contributed by atoms with Crippen molar-refractivity contribution in [3.8, 4) is 16.9 Å². The van der Waals surface area contributed by atoms with Gasteiger partial charge >= 0.3 is 0 Å². The van der Waals surface area contributed by atoms with Crippen molar-refractivity contribution >= 4 is 77.4 Å². The fourth-order valence-corrected chi connectivity index (χ4v) is 3.27. The molecule has 0 saturated carbocycles. The lowest BCUT2D eigenvalue weighted by molar-refractivity contribution is 0.0938. The van der Waals surface area contributed by atoms with Gasteiger partial charge in [0, 0.05) is 52.4 Å². The van der Waals surface area contributed by atoms with Gasteiger partial charge in [0.05, 0.1) is 49.7 Å². The third kappa shape index (κ3) is 4.23. The molecule has 2 heterocycles. The van der Waals surface area contributed by atoms with Crippen molar-refractivity contribution in [2.24, 2.45) is 0 Å². The van der Waals surface area contributed by atoms with Crippen LogP contribution < -0.4 is 21.3 Å². The van der Waals surface area contributed by atoms with Crippen LogP contribution in [0.2, 0.25) is 10.3 Å². The zero-order chi connectivity index (χ0) is 24.8. The number of benzene rings is 1. The number of aromatic nitrogens is 2. The summed E-state index contributed by atoms with van der Waals surface area (Å²) >= 11 is 0. The molecule has 4 N–H and O–H groups in total. The predicted octanol–water partition coefficient (Wildman–Crippen LogP) is -1.07. The summed E-state index contributed by atoms with van der Waals surface area (Å²) in [6.07, 6.45) is 3.13. The van der Waals surface area contributed by atoms with Crippen LogP contribution >= 0.6 is 0 Å². The van der Waals surface area contributed by atoms with E-state index >= 15 is 0 Å². The van der Waals surface area contributed by atoms with Crippen LogP contribution in [0.25, 0.3) is 22.0 Å². The average molecular weight is 421 g/mol. The third-order valence-corrected chi connectivity index (χ3v) is 5.33. The SMILES string of the molecule is [B]C([B])([B])C([B])([B])C([B])([B])NC(=O)c1c(N)c2cccc(-c3cnccc3OC)c2[nH]c1=O. The molecular weight excluding hydrogens is 408 g/mol. The van der Waals surface area contributed by atoms with Crippen LogP contribution in [0, 0.1) is 0 Å². The molecular formula is C19H13B7N4O3. The average Bonchev–Trinajstić information content (AvgIpc) is 2.72. The molecule has 0 atom stereocenters. The Balaban J connectivity index is 2.14. The van der Waals surface area contributed by atoms with Gasteiger partial charge in [-0.2, -0.15) is 0 Å². The van der Waals surface area contributed by atoms with Crippen LogP contribution in [-0.2, 0) is 0 Å². The van der Waals surface area contributed by atoms with Crippen molar-refractivity contribution in [2.75, 3.05) is 12.8 Å². The Morgan fingerprint density at radius 1 is 1.09 bits per heavy atom. The molecule has 0 aliphatic rings. The van der Waals surface area contributed by atoms with Crippen LogP contribution in [-0.4, -0.2) is 83.2 Å². The molecule has 33 heavy (non-hydrogen) atoms. The van der Waals surface area contributed by atoms with Gasteiger partial charge in [-0.15, -0.1) is 10.3 Å². The summed E-state index contributed by atoms with van der Waals surface area (Å²) in [6.45, 7) is 0. The number of hydrogen-bond donors (Lipinski definition) is 3. The molecule has 7 nitrogen and oxygen atoms in total. The summed E-state index contributed by atoms with van der Waals surface area (Å²) in [4.78, 5) is 32.6. The third-order valence-electron chi connectivity index (χ3n) is 5.33. The van der Waals surface area contributed by atoms with E-state index in [9.17, 15) is 9.59 Å². The Hall–Kier alpha value is -2.90. The number of nitrogens with zero attached hydrogens (tertiary/aromatic N) is 1. The molecule has 3 rings (SSSR count). The van der Waals surface area contributed by atoms with Crippen molar-refractivity contribution < 1.29 is 9.53 Å². The van der Waals surface area contributed by atoms with Gasteiger partial charge in [-0.05, 0) is 11.4 Å². The van der Waals surface area contributed by atoms with E-state index in [2.05, 4.69) is 15.3 Å². The molecule has 0 unspecified atom stereocenters. The highest BCUT2D eigenvalue weighted by Crippen LogP contribution is 2.45. The van der Waals surface area contributed by atoms with Gasteiger partial charge in [-0.3, -0.25) is 14.6 Å². The molecule has 3 aromatic rings. The minimum Gasteiger partial charge on any atom is -0.496 e. The van der Waals surface area contributed by atoms with Gasteiger partial charge in [0.2, 0.25) is 0 Å². The van der Waals surface area contributed by atoms with E-state index in [1.807, 2.05) is 0 Å². The molecule has 0 spiro atoms. The van der Waals surface area contributed by atoms with Crippen molar-refractivity contribution in [1.82, 2.24) is 15.3 Å². The van der Waals surface area contributed by atoms with Crippen molar-refractivity contribution in [3.63, 3.8) is 0 Å². The molecule has 0 fully saturated rings. The number of nitrogen functional groups attached to an aromatic ring is 1. The maximum absolute atomic E-state index is 12.9. The number of methoxy groups -OCH3 is 1. The highest BCUT2D eigenvalue weighted by atomic mass is 16.5. The zero-order valence-electron chi connectivity index (χ0n) is 17.8. The number of carbonyl (C=O) groups excluding carboxylic acids is 1. The highest BCUT2D eigenvalue weighted by molar-refractivity contribution is 6.70. The van der Waals surface area contributed by atoms with Gasteiger partial charge in [0.25, 0.3) is 11.5 Å². The topological polar surface area (TPSA) is 110 Å². The number of H-pyrrole nitrogens is 1. The van der Waals surface area contributed by atoms with Gasteiger partial charge < -0.3 is 20.8 Å². The number of carbonyl (C=O) groups is 1. The van der Waals surface area contributed by atoms with Gasteiger partial charge in [0.15, 0.2) is 0 Å². The molecule has 2 aromatic heterocycles. The fourth-order valence-electron chi connectivity index (χ4n) is 3.27. The van der Waals surface area contributed by atoms with Crippen LogP contribution in [0.15, 0.2) is 41.5 Å². The second kappa shape index (κ2) is 8.47. The number of ether oxygens (including phenoxy) is 1. The first-order valence-electron chi connectivity index (χ1n) is 9.50. The fraction of sp³-hybridized carbons (Fsp3) is 0.211. The first-order chi connectivity index (χ1) is 15.2. The molecule has 0 bridgehead atoms. The summed E-state index contributed by atoms with van der Waals surface area (Å²) in [5.74, 6) is -0.555. The number of nitrogens with one attached hydrogen (secondary N) is 2. The Labute approximate surface area is 200 Å². The second-order valence-electron chi connectivity index (χ2n) is 7.67. The summed E-state index contributed by atoms with van der Waals surface area (Å²) in [5.41, 5.74) is 6.27. The quantitative estimate of drug-likeness (QED) is 0.440. The number of para-hydroxylation sites is 1. The van der Waals surface area contributed by atoms with Crippen molar-refractivity contribution in [3.05, 3.63) is 52.6 Å². The lowest BCUT2D eigenvalue weighted by Gasteiger charge is -2.54. The van der Waals surface area contributed by atoms with Crippen LogP contribution in [0.3, 0.4) is 0 Å². The van der Waals surface area contributed by atoms with Gasteiger partial charge in [-0.1, -0.05) is 18.2 Å². The van der Waals surface area contributed by atoms with Crippen LogP contribution in [0.4, 0.5) is 5.69 Å². The lowest BCUT2D eigenvalue weighted by atomic mass is 9.15. The molecule has 14 heteroatoms. The van der Waals surface area contributed by atoms with E-state index < -0.39 is 32.7 Å². The second-order valence-corrected chi connectivity index (χ2v) is 7.67. The van der Waals surface area contributed by atoms with E-state index in [0.29, 0.717) is 27.8 Å². The monoisotopic (exact) mass is 422 g/mol. The van der Waals surface area contributed by atoms with Crippen molar-refractivity contribution in [2.45, 2.75) is 15.7 Å². The minimum atomic E-state index is -2.43. The van der Waals surface area contributed by atoms with Gasteiger partial charge in [0.1, 0.15) is 11.3 Å². The molecule has 0 aliphatic carbocycles. The highest BCUT2D eigenvalue weighted by Gasteiger charge is 2.43. The maximum Gasteiger partial charge on any atom is 0.263 e. The lowest BCUT2D eigenvalue weighted by Crippen LogP contribution is -2.63. The number of amides is 1. The Bertz CT molecular complexity index is 1290. The van der Waals surface area contributed by atoms with E-state index in [0.717, 1.165) is 0 Å². The van der Waals surface area contributed by atoms with Crippen LogP contribution in [0.5, 0.6) is 5.75 Å². The standard InChI is InChI=1S/C19H13B7N4O3/c1-33-11-5-6-28-7-10(11)8-3-2-4-9-13(27)12(15(31)29-14(8)9)16(32)30-19(25,26)17(20,21)18(22,23)24/h2-7H,1H3,(H,30,32)(H3,27,29,31). The molecule has 14 radical (unpaired) electrons. The van der Waals surface area contributed by atoms with Gasteiger partial charge in [-0.25, -0.2) is 0 Å². The smallest absolute Gasteiger partial charge is 0.263 e. The Morgan fingerprint density at radius 2 is 1.76 bits per heavy atom. The largest absolute Gasteiger partial charge is 0.496 e. The minimum absolute atomic E-state index is 0.147. The number of pyridine rings is 2. The molecule has 1 aromatic carbocycles. The number of fused-ring (bicyclic) bond motifs is 1. The molecule has 0 saturated heterocycles. The summed E-state index contributed by atoms with van der Waals surface area (Å²) in [6, 6.07) is 6.70. The summed E-state index contributed by atoms with van der Waals surface area (Å²) in [7, 11) is 41.3. The molecule has 1 amide bonds. The first-order valence-corrected chi connectivity index (χ1v) is 9.50. The van der Waals surface area contributed by atoms with E-state index in [-0.39, 0.29) is 5.69 Å². The molecule has 148 valence electrons. The summed E-state index contributed by atoms with van der Waals surface area (Å²) in [5, 5.41) is -4.62. The van der Waals surface area contributed by atoms with Crippen molar-refractivity contribution in [1.29, 1.82) is 0 Å². The van der Waals surface area contributed by atoms with E-state index in [1.165, 1.54) is 7.11 Å². The maximum atomic E-state index is 12.9. The van der Waals surface area contributed by atoms with E-state index in [4.69, 9.17) is 65.4 Å². The predicted molar refractivity (Wildman–Crippen MR) is 135 cm³/mol. The number of aromatic amines is 1. The molecule has 0 aliphatic heterocycles. The summed E-state index contributed by atoms with van der Waals surface area (Å²) < 4.78 is 5.38.